The van der Waals surface area contributed by atoms with E-state index in [-0.39, 0.29) is 21.5 Å². The first-order valence-electron chi connectivity index (χ1n) is 7.36. The van der Waals surface area contributed by atoms with E-state index in [0.717, 1.165) is 5.39 Å². The molecule has 0 spiro atoms. The molecular formula is C17H15Cl2NO4S. The number of hydrogen-bond donors (Lipinski definition) is 1. The molecule has 0 fully saturated rings. The predicted octanol–water partition coefficient (Wildman–Crippen LogP) is 4.41. The highest BCUT2D eigenvalue weighted by Crippen LogP contribution is 2.27. The van der Waals surface area contributed by atoms with Gasteiger partial charge in [-0.2, -0.15) is 0 Å². The molecule has 0 bridgehead atoms. The lowest BCUT2D eigenvalue weighted by Crippen LogP contribution is -2.29. The lowest BCUT2D eigenvalue weighted by molar-refractivity contribution is 0.0893. The lowest BCUT2D eigenvalue weighted by atomic mass is 10.2. The number of ether oxygens (including phenoxy) is 1. The van der Waals surface area contributed by atoms with Gasteiger partial charge < -0.3 is 9.15 Å². The number of benzene rings is 2. The summed E-state index contributed by atoms with van der Waals surface area (Å²) in [5.74, 6) is 0.531. The number of methoxy groups -OCH3 is 1. The molecule has 0 aliphatic rings. The summed E-state index contributed by atoms with van der Waals surface area (Å²) in [5.41, 5.74) is 0.709. The van der Waals surface area contributed by atoms with Crippen molar-refractivity contribution >= 4 is 44.2 Å². The second-order valence-corrected chi connectivity index (χ2v) is 7.92. The molecule has 1 heterocycles. The van der Waals surface area contributed by atoms with Crippen molar-refractivity contribution in [3.63, 3.8) is 0 Å². The zero-order valence-electron chi connectivity index (χ0n) is 13.2. The van der Waals surface area contributed by atoms with Crippen LogP contribution >= 0.6 is 23.2 Å². The van der Waals surface area contributed by atoms with E-state index in [2.05, 4.69) is 4.72 Å². The Kier molecular flexibility index (Phi) is 5.36. The summed E-state index contributed by atoms with van der Waals surface area (Å²) < 4.78 is 38.6. The molecule has 132 valence electrons. The summed E-state index contributed by atoms with van der Waals surface area (Å²) in [5, 5.41) is 1.29. The fourth-order valence-electron chi connectivity index (χ4n) is 2.41. The molecule has 1 atom stereocenters. The molecule has 0 amide bonds. The van der Waals surface area contributed by atoms with Crippen molar-refractivity contribution < 1.29 is 17.6 Å². The summed E-state index contributed by atoms with van der Waals surface area (Å²) in [6, 6.07) is 13.6. The smallest absolute Gasteiger partial charge is 0.242 e. The molecular weight excluding hydrogens is 385 g/mol. The van der Waals surface area contributed by atoms with Gasteiger partial charge in [0.2, 0.25) is 10.0 Å². The van der Waals surface area contributed by atoms with Crippen LogP contribution < -0.4 is 4.72 Å². The van der Waals surface area contributed by atoms with E-state index in [1.54, 1.807) is 0 Å². The van der Waals surface area contributed by atoms with Crippen molar-refractivity contribution in [1.29, 1.82) is 0 Å². The molecule has 3 rings (SSSR count). The summed E-state index contributed by atoms with van der Waals surface area (Å²) in [6.45, 7) is -0.0124. The molecule has 0 aliphatic heterocycles. The molecule has 3 aromatic rings. The molecule has 0 saturated heterocycles. The second-order valence-electron chi connectivity index (χ2n) is 5.34. The molecule has 0 unspecified atom stereocenters. The first kappa shape index (κ1) is 18.2. The number of fused-ring (bicyclic) bond motifs is 1. The molecule has 25 heavy (non-hydrogen) atoms. The zero-order chi connectivity index (χ0) is 18.0. The zero-order valence-corrected chi connectivity index (χ0v) is 15.5. The van der Waals surface area contributed by atoms with Gasteiger partial charge in [-0.05, 0) is 30.3 Å². The Morgan fingerprint density at radius 2 is 1.92 bits per heavy atom. The molecule has 8 heteroatoms. The Hall–Kier alpha value is -1.57. The van der Waals surface area contributed by atoms with Crippen LogP contribution in [0, 0.1) is 0 Å². The highest BCUT2D eigenvalue weighted by molar-refractivity contribution is 7.89. The van der Waals surface area contributed by atoms with Crippen molar-refractivity contribution in [1.82, 2.24) is 4.72 Å². The topological polar surface area (TPSA) is 68.5 Å². The first-order valence-corrected chi connectivity index (χ1v) is 9.60. The van der Waals surface area contributed by atoms with E-state index in [4.69, 9.17) is 32.4 Å². The fourth-order valence-corrected chi connectivity index (χ4v) is 4.20. The van der Waals surface area contributed by atoms with Crippen LogP contribution in [0.2, 0.25) is 10.0 Å². The molecule has 2 aromatic carbocycles. The Morgan fingerprint density at radius 1 is 1.16 bits per heavy atom. The Bertz CT molecular complexity index is 968. The van der Waals surface area contributed by atoms with E-state index >= 15 is 0 Å². The average molecular weight is 400 g/mol. The van der Waals surface area contributed by atoms with E-state index in [1.807, 2.05) is 30.3 Å². The number of halogens is 2. The number of para-hydroxylation sites is 1. The molecule has 5 nitrogen and oxygen atoms in total. The van der Waals surface area contributed by atoms with Gasteiger partial charge in [-0.3, -0.25) is 0 Å². The van der Waals surface area contributed by atoms with Gasteiger partial charge in [-0.15, -0.1) is 0 Å². The van der Waals surface area contributed by atoms with E-state index in [0.29, 0.717) is 11.3 Å². The average Bonchev–Trinajstić information content (AvgIpc) is 3.01. The number of furan rings is 1. The predicted molar refractivity (Wildman–Crippen MR) is 97.6 cm³/mol. The molecule has 0 aliphatic carbocycles. The Balaban J connectivity index is 1.81. The molecule has 0 radical (unpaired) electrons. The minimum atomic E-state index is -3.84. The van der Waals surface area contributed by atoms with Crippen molar-refractivity contribution in [3.05, 3.63) is 64.3 Å². The van der Waals surface area contributed by atoms with Crippen LogP contribution in [0.5, 0.6) is 0 Å². The number of nitrogens with one attached hydrogen (secondary N) is 1. The first-order chi connectivity index (χ1) is 11.9. The summed E-state index contributed by atoms with van der Waals surface area (Å²) >= 11 is 11.8. The van der Waals surface area contributed by atoms with Crippen LogP contribution in [0.25, 0.3) is 11.0 Å². The number of hydrogen-bond acceptors (Lipinski definition) is 4. The van der Waals surface area contributed by atoms with Crippen molar-refractivity contribution in [2.45, 2.75) is 11.0 Å². The highest BCUT2D eigenvalue weighted by Gasteiger charge is 2.22. The SMILES string of the molecule is CO[C@@H](CNS(=O)(=O)c1cc(Cl)ccc1Cl)c1cc2ccccc2o1. The van der Waals surface area contributed by atoms with Gasteiger partial charge in [0.1, 0.15) is 22.3 Å². The van der Waals surface area contributed by atoms with Gasteiger partial charge in [0.15, 0.2) is 0 Å². The molecule has 0 saturated carbocycles. The quantitative estimate of drug-likeness (QED) is 0.666. The third-order valence-electron chi connectivity index (χ3n) is 3.69. The molecule has 1 aromatic heterocycles. The van der Waals surface area contributed by atoms with Crippen LogP contribution in [0.15, 0.2) is 57.8 Å². The summed E-state index contributed by atoms with van der Waals surface area (Å²) in [6.07, 6.45) is -0.583. The minimum absolute atomic E-state index is 0.0124. The highest BCUT2D eigenvalue weighted by atomic mass is 35.5. The normalized spacial score (nSPS) is 13.2. The van der Waals surface area contributed by atoms with E-state index < -0.39 is 16.1 Å². The van der Waals surface area contributed by atoms with E-state index in [1.165, 1.54) is 25.3 Å². The van der Waals surface area contributed by atoms with Gasteiger partial charge in [-0.1, -0.05) is 41.4 Å². The van der Waals surface area contributed by atoms with Gasteiger partial charge in [0, 0.05) is 24.1 Å². The van der Waals surface area contributed by atoms with Crippen molar-refractivity contribution in [2.75, 3.05) is 13.7 Å². The number of sulfonamides is 1. The summed E-state index contributed by atoms with van der Waals surface area (Å²) in [7, 11) is -2.36. The third-order valence-corrected chi connectivity index (χ3v) is 5.83. The van der Waals surface area contributed by atoms with Gasteiger partial charge in [0.25, 0.3) is 0 Å². The van der Waals surface area contributed by atoms with Crippen LogP contribution in [-0.2, 0) is 14.8 Å². The minimum Gasteiger partial charge on any atom is -0.458 e. The third kappa shape index (κ3) is 3.99. The standard InChI is InChI=1S/C17H15Cl2NO4S/c1-23-16(15-8-11-4-2-3-5-14(11)24-15)10-20-25(21,22)17-9-12(18)6-7-13(17)19/h2-9,16,20H,10H2,1H3/t16-/m0/s1. The maximum absolute atomic E-state index is 12.5. The molecule has 1 N–H and O–H groups in total. The van der Waals surface area contributed by atoms with Gasteiger partial charge >= 0.3 is 0 Å². The maximum Gasteiger partial charge on any atom is 0.242 e. The maximum atomic E-state index is 12.5. The van der Waals surface area contributed by atoms with E-state index in [9.17, 15) is 8.42 Å². The Morgan fingerprint density at radius 3 is 2.64 bits per heavy atom. The van der Waals surface area contributed by atoms with Crippen LogP contribution in [0.1, 0.15) is 11.9 Å². The largest absolute Gasteiger partial charge is 0.458 e. The van der Waals surface area contributed by atoms with Crippen LogP contribution in [0.4, 0.5) is 0 Å². The fraction of sp³-hybridized carbons (Fsp3) is 0.176. The van der Waals surface area contributed by atoms with Crippen LogP contribution in [0.3, 0.4) is 0 Å². The second kappa shape index (κ2) is 7.35. The summed E-state index contributed by atoms with van der Waals surface area (Å²) in [4.78, 5) is -0.0823. The number of rotatable bonds is 6. The van der Waals surface area contributed by atoms with Crippen molar-refractivity contribution in [3.8, 4) is 0 Å². The van der Waals surface area contributed by atoms with Gasteiger partial charge in [-0.25, -0.2) is 13.1 Å². The van der Waals surface area contributed by atoms with Gasteiger partial charge in [0.05, 0.1) is 5.02 Å². The lowest BCUT2D eigenvalue weighted by Gasteiger charge is -2.14. The van der Waals surface area contributed by atoms with Crippen LogP contribution in [-0.4, -0.2) is 22.1 Å². The van der Waals surface area contributed by atoms with Crippen molar-refractivity contribution in [2.24, 2.45) is 0 Å². The Labute approximate surface area is 155 Å². The monoisotopic (exact) mass is 399 g/mol.